The summed E-state index contributed by atoms with van der Waals surface area (Å²) in [6.45, 7) is 0.245. The van der Waals surface area contributed by atoms with Crippen LogP contribution in [0, 0.1) is 16.0 Å². The van der Waals surface area contributed by atoms with Gasteiger partial charge in [0.1, 0.15) is 12.4 Å². The highest BCUT2D eigenvalue weighted by Gasteiger charge is 2.21. The van der Waals surface area contributed by atoms with E-state index in [9.17, 15) is 19.7 Å². The first-order valence-electron chi connectivity index (χ1n) is 9.12. The summed E-state index contributed by atoms with van der Waals surface area (Å²) in [4.78, 5) is 33.2. The Bertz CT molecular complexity index is 624. The van der Waals surface area contributed by atoms with Gasteiger partial charge >= 0.3 is 11.7 Å². The van der Waals surface area contributed by atoms with Gasteiger partial charge < -0.3 is 10.4 Å². The van der Waals surface area contributed by atoms with Crippen LogP contribution in [0.15, 0.2) is 12.4 Å². The summed E-state index contributed by atoms with van der Waals surface area (Å²) in [5.41, 5.74) is -0.109. The molecule has 1 saturated carbocycles. The molecule has 0 radical (unpaired) electrons. The molecule has 9 heteroatoms. The second-order valence-corrected chi connectivity index (χ2v) is 6.91. The average molecular weight is 366 g/mol. The number of aliphatic carboxylic acids is 1. The molecule has 0 bridgehead atoms. The van der Waals surface area contributed by atoms with Gasteiger partial charge in [-0.2, -0.15) is 5.10 Å². The van der Waals surface area contributed by atoms with Crippen molar-refractivity contribution < 1.29 is 19.6 Å². The molecule has 1 unspecified atom stereocenters. The summed E-state index contributed by atoms with van der Waals surface area (Å²) in [6.07, 6.45) is 9.76. The smallest absolute Gasteiger partial charge is 0.306 e. The Morgan fingerprint density at radius 3 is 2.69 bits per heavy atom. The van der Waals surface area contributed by atoms with E-state index in [1.165, 1.54) is 30.1 Å². The number of carbonyl (C=O) groups is 2. The van der Waals surface area contributed by atoms with Crippen LogP contribution in [0.3, 0.4) is 0 Å². The van der Waals surface area contributed by atoms with Crippen LogP contribution in [-0.2, 0) is 16.1 Å². The van der Waals surface area contributed by atoms with Crippen LogP contribution in [0.4, 0.5) is 5.69 Å². The Labute approximate surface area is 151 Å². The SMILES string of the molecule is O=C(O)CCC(CC1CCCCC1)NC(=O)CCn1cc([N+](=O)[O-])cn1. The average Bonchev–Trinajstić information content (AvgIpc) is 3.08. The third kappa shape index (κ3) is 6.81. The molecular formula is C17H26N4O5. The van der Waals surface area contributed by atoms with E-state index in [-0.39, 0.29) is 37.0 Å². The van der Waals surface area contributed by atoms with Gasteiger partial charge in [-0.15, -0.1) is 0 Å². The third-order valence-electron chi connectivity index (χ3n) is 4.81. The molecule has 0 spiro atoms. The number of rotatable bonds is 10. The van der Waals surface area contributed by atoms with Crippen LogP contribution < -0.4 is 5.32 Å². The molecule has 1 aromatic rings. The first-order valence-corrected chi connectivity index (χ1v) is 9.12. The van der Waals surface area contributed by atoms with Gasteiger partial charge in [0.15, 0.2) is 0 Å². The lowest BCUT2D eigenvalue weighted by molar-refractivity contribution is -0.385. The van der Waals surface area contributed by atoms with Gasteiger partial charge in [0.2, 0.25) is 5.91 Å². The van der Waals surface area contributed by atoms with Crippen LogP contribution in [-0.4, -0.2) is 37.7 Å². The zero-order chi connectivity index (χ0) is 18.9. The Balaban J connectivity index is 1.82. The van der Waals surface area contributed by atoms with E-state index >= 15 is 0 Å². The zero-order valence-corrected chi connectivity index (χ0v) is 14.8. The Kier molecular flexibility index (Phi) is 7.55. The van der Waals surface area contributed by atoms with Crippen molar-refractivity contribution in [3.8, 4) is 0 Å². The van der Waals surface area contributed by atoms with Crippen molar-refractivity contribution in [2.45, 2.75) is 70.4 Å². The number of amides is 1. The van der Waals surface area contributed by atoms with Crippen molar-refractivity contribution in [3.05, 3.63) is 22.5 Å². The van der Waals surface area contributed by atoms with E-state index < -0.39 is 10.9 Å². The molecule has 0 aliphatic heterocycles. The summed E-state index contributed by atoms with van der Waals surface area (Å²) in [5, 5.41) is 26.4. The van der Waals surface area contributed by atoms with Gasteiger partial charge in [-0.1, -0.05) is 32.1 Å². The van der Waals surface area contributed by atoms with Crippen molar-refractivity contribution in [2.24, 2.45) is 5.92 Å². The molecule has 1 aliphatic carbocycles. The Morgan fingerprint density at radius 1 is 1.35 bits per heavy atom. The highest BCUT2D eigenvalue weighted by molar-refractivity contribution is 5.76. The monoisotopic (exact) mass is 366 g/mol. The minimum absolute atomic E-state index is 0.0308. The highest BCUT2D eigenvalue weighted by atomic mass is 16.6. The fraction of sp³-hybridized carbons (Fsp3) is 0.706. The predicted molar refractivity (Wildman–Crippen MR) is 93.5 cm³/mol. The molecular weight excluding hydrogens is 340 g/mol. The molecule has 1 fully saturated rings. The number of aryl methyl sites for hydroxylation is 1. The van der Waals surface area contributed by atoms with E-state index in [2.05, 4.69) is 10.4 Å². The summed E-state index contributed by atoms with van der Waals surface area (Å²) in [6, 6.07) is -0.145. The Hall–Kier alpha value is -2.45. The van der Waals surface area contributed by atoms with Gasteiger partial charge in [-0.05, 0) is 18.8 Å². The van der Waals surface area contributed by atoms with E-state index in [1.54, 1.807) is 0 Å². The molecule has 0 aromatic carbocycles. The van der Waals surface area contributed by atoms with Crippen LogP contribution in [0.2, 0.25) is 0 Å². The minimum atomic E-state index is -0.864. The van der Waals surface area contributed by atoms with Gasteiger partial charge in [0, 0.05) is 25.4 Å². The number of nitrogens with one attached hydrogen (secondary N) is 1. The number of hydrogen-bond acceptors (Lipinski definition) is 5. The van der Waals surface area contributed by atoms with E-state index in [4.69, 9.17) is 5.11 Å². The van der Waals surface area contributed by atoms with E-state index in [1.807, 2.05) is 0 Å². The second kappa shape index (κ2) is 9.88. The van der Waals surface area contributed by atoms with Crippen molar-refractivity contribution in [2.75, 3.05) is 0 Å². The molecule has 1 aliphatic rings. The molecule has 9 nitrogen and oxygen atoms in total. The molecule has 2 N–H and O–H groups in total. The number of carbonyl (C=O) groups excluding carboxylic acids is 1. The molecule has 26 heavy (non-hydrogen) atoms. The Morgan fingerprint density at radius 2 is 2.08 bits per heavy atom. The van der Waals surface area contributed by atoms with Crippen LogP contribution in [0.25, 0.3) is 0 Å². The highest BCUT2D eigenvalue weighted by Crippen LogP contribution is 2.28. The number of carboxylic acid groups (broad SMARTS) is 1. The lowest BCUT2D eigenvalue weighted by atomic mass is 9.84. The second-order valence-electron chi connectivity index (χ2n) is 6.91. The quantitative estimate of drug-likeness (QED) is 0.484. The van der Waals surface area contributed by atoms with Gasteiger partial charge in [0.25, 0.3) is 0 Å². The molecule has 1 heterocycles. The summed E-state index contributed by atoms with van der Waals surface area (Å²) in [5.74, 6) is -0.511. The maximum atomic E-state index is 12.2. The first-order chi connectivity index (χ1) is 12.4. The largest absolute Gasteiger partial charge is 0.481 e. The zero-order valence-electron chi connectivity index (χ0n) is 14.8. The number of nitrogens with zero attached hydrogens (tertiary/aromatic N) is 3. The lowest BCUT2D eigenvalue weighted by Crippen LogP contribution is -2.37. The topological polar surface area (TPSA) is 127 Å². The van der Waals surface area contributed by atoms with Crippen molar-refractivity contribution in [1.82, 2.24) is 15.1 Å². The standard InChI is InChI=1S/C17H26N4O5/c22-16(8-9-20-12-15(11-18-20)21(25)26)19-14(6-7-17(23)24)10-13-4-2-1-3-5-13/h11-14H,1-10H2,(H,19,22)(H,23,24). The number of aromatic nitrogens is 2. The third-order valence-corrected chi connectivity index (χ3v) is 4.81. The number of carboxylic acids is 1. The summed E-state index contributed by atoms with van der Waals surface area (Å²) >= 11 is 0. The van der Waals surface area contributed by atoms with Crippen LogP contribution >= 0.6 is 0 Å². The van der Waals surface area contributed by atoms with Crippen LogP contribution in [0.1, 0.15) is 57.8 Å². The molecule has 0 saturated heterocycles. The first kappa shape index (κ1) is 19.9. The molecule has 144 valence electrons. The normalized spacial score (nSPS) is 16.2. The van der Waals surface area contributed by atoms with Crippen molar-refractivity contribution >= 4 is 17.6 Å². The minimum Gasteiger partial charge on any atom is -0.481 e. The van der Waals surface area contributed by atoms with Gasteiger partial charge in [0.05, 0.1) is 4.92 Å². The van der Waals surface area contributed by atoms with Crippen molar-refractivity contribution in [3.63, 3.8) is 0 Å². The number of hydrogen-bond donors (Lipinski definition) is 2. The fourth-order valence-electron chi connectivity index (χ4n) is 3.46. The molecule has 2 rings (SSSR count). The maximum Gasteiger partial charge on any atom is 0.306 e. The van der Waals surface area contributed by atoms with Gasteiger partial charge in [-0.3, -0.25) is 24.4 Å². The van der Waals surface area contributed by atoms with E-state index in [0.29, 0.717) is 12.3 Å². The van der Waals surface area contributed by atoms with E-state index in [0.717, 1.165) is 25.5 Å². The molecule has 1 atom stereocenters. The predicted octanol–water partition coefficient (Wildman–Crippen LogP) is 2.50. The fourth-order valence-corrected chi connectivity index (χ4v) is 3.46. The summed E-state index contributed by atoms with van der Waals surface area (Å²) in [7, 11) is 0. The molecule has 1 aromatic heterocycles. The van der Waals surface area contributed by atoms with Gasteiger partial charge in [-0.25, -0.2) is 0 Å². The number of nitro groups is 1. The van der Waals surface area contributed by atoms with Crippen LogP contribution in [0.5, 0.6) is 0 Å². The maximum absolute atomic E-state index is 12.2. The summed E-state index contributed by atoms with van der Waals surface area (Å²) < 4.78 is 1.37. The lowest BCUT2D eigenvalue weighted by Gasteiger charge is -2.27. The van der Waals surface area contributed by atoms with Crippen molar-refractivity contribution in [1.29, 1.82) is 0 Å². The molecule has 1 amide bonds.